The van der Waals surface area contributed by atoms with Crippen LogP contribution in [0.4, 0.5) is 0 Å². The molecule has 0 radical (unpaired) electrons. The molecular formula is C30H41N3O. The Balaban J connectivity index is 0.000000257. The molecule has 1 atom stereocenters. The van der Waals surface area contributed by atoms with E-state index in [4.69, 9.17) is 10.7 Å². The van der Waals surface area contributed by atoms with E-state index < -0.39 is 0 Å². The third kappa shape index (κ3) is 5.89. The summed E-state index contributed by atoms with van der Waals surface area (Å²) in [6, 6.07) is 17.0. The molecule has 0 aliphatic heterocycles. The van der Waals surface area contributed by atoms with Crippen LogP contribution in [0.5, 0.6) is 0 Å². The second kappa shape index (κ2) is 10.8. The van der Waals surface area contributed by atoms with E-state index in [1.807, 2.05) is 18.2 Å². The van der Waals surface area contributed by atoms with Crippen molar-refractivity contribution in [2.45, 2.75) is 91.0 Å². The minimum atomic E-state index is -0.325. The largest absolute Gasteiger partial charge is 0.369 e. The number of aromatic nitrogens is 2. The van der Waals surface area contributed by atoms with E-state index in [0.717, 1.165) is 35.6 Å². The van der Waals surface area contributed by atoms with Gasteiger partial charge >= 0.3 is 0 Å². The first-order valence-electron chi connectivity index (χ1n) is 13.2. The highest BCUT2D eigenvalue weighted by atomic mass is 16.1. The third-order valence-corrected chi connectivity index (χ3v) is 7.59. The van der Waals surface area contributed by atoms with Gasteiger partial charge in [0.25, 0.3) is 0 Å². The molecule has 4 heteroatoms. The zero-order valence-corrected chi connectivity index (χ0v) is 21.2. The molecule has 2 saturated carbocycles. The predicted octanol–water partition coefficient (Wildman–Crippen LogP) is 7.46. The van der Waals surface area contributed by atoms with Crippen molar-refractivity contribution in [3.8, 4) is 11.1 Å². The molecular weight excluding hydrogens is 418 g/mol. The summed E-state index contributed by atoms with van der Waals surface area (Å²) in [5.41, 5.74) is 10.6. The third-order valence-electron chi connectivity index (χ3n) is 7.59. The highest BCUT2D eigenvalue weighted by Crippen LogP contribution is 2.38. The van der Waals surface area contributed by atoms with Crippen LogP contribution in [0.15, 0.2) is 48.5 Å². The fourth-order valence-electron chi connectivity index (χ4n) is 6.14. The van der Waals surface area contributed by atoms with Crippen molar-refractivity contribution < 1.29 is 4.79 Å². The second-order valence-electron chi connectivity index (χ2n) is 11.2. The quantitative estimate of drug-likeness (QED) is 0.440. The molecule has 2 aliphatic rings. The first kappa shape index (κ1) is 24.5. The molecule has 5 rings (SSSR count). The molecule has 182 valence electrons. The van der Waals surface area contributed by atoms with E-state index in [1.165, 1.54) is 56.1 Å². The van der Waals surface area contributed by atoms with Gasteiger partial charge in [0.2, 0.25) is 5.91 Å². The summed E-state index contributed by atoms with van der Waals surface area (Å²) < 4.78 is 2.31. The summed E-state index contributed by atoms with van der Waals surface area (Å²) in [6.07, 6.45) is 12.0. The van der Waals surface area contributed by atoms with Gasteiger partial charge in [-0.05, 0) is 48.6 Å². The number of amides is 1. The lowest BCUT2D eigenvalue weighted by Crippen LogP contribution is -2.21. The number of primary amides is 1. The van der Waals surface area contributed by atoms with Crippen LogP contribution in [0.3, 0.4) is 0 Å². The van der Waals surface area contributed by atoms with E-state index in [-0.39, 0.29) is 12.3 Å². The van der Waals surface area contributed by atoms with Crippen molar-refractivity contribution in [1.29, 1.82) is 0 Å². The minimum absolute atomic E-state index is 0.194. The first-order valence-corrected chi connectivity index (χ1v) is 13.2. The zero-order chi connectivity index (χ0) is 24.1. The van der Waals surface area contributed by atoms with E-state index in [0.29, 0.717) is 11.5 Å². The number of nitrogens with two attached hydrogens (primary N) is 1. The number of benzene rings is 2. The molecule has 0 spiro atoms. The van der Waals surface area contributed by atoms with Crippen LogP contribution >= 0.6 is 0 Å². The molecule has 1 heterocycles. The van der Waals surface area contributed by atoms with Gasteiger partial charge in [-0.1, -0.05) is 95.3 Å². The summed E-state index contributed by atoms with van der Waals surface area (Å²) in [7, 11) is 0. The van der Waals surface area contributed by atoms with Crippen molar-refractivity contribution in [3.05, 3.63) is 54.4 Å². The number of carbonyl (C=O) groups is 1. The van der Waals surface area contributed by atoms with E-state index in [2.05, 4.69) is 55.7 Å². The number of nitrogens with zero attached hydrogens (tertiary/aromatic N) is 2. The van der Waals surface area contributed by atoms with E-state index in [9.17, 15) is 4.79 Å². The number of hydrogen-bond donors (Lipinski definition) is 1. The Hall–Kier alpha value is -2.62. The van der Waals surface area contributed by atoms with Crippen LogP contribution in [0.2, 0.25) is 0 Å². The smallest absolute Gasteiger partial charge is 0.225 e. The average Bonchev–Trinajstić information content (AvgIpc) is 3.17. The van der Waals surface area contributed by atoms with Gasteiger partial charge in [-0.2, -0.15) is 0 Å². The fourth-order valence-corrected chi connectivity index (χ4v) is 6.14. The van der Waals surface area contributed by atoms with E-state index in [1.54, 1.807) is 0 Å². The Kier molecular flexibility index (Phi) is 7.75. The van der Waals surface area contributed by atoms with Gasteiger partial charge < -0.3 is 10.3 Å². The molecule has 34 heavy (non-hydrogen) atoms. The van der Waals surface area contributed by atoms with Crippen molar-refractivity contribution in [2.24, 2.45) is 17.1 Å². The SMILES string of the molecule is CC1CCCC(C)(C)C1.NC(=O)Cc1nc2cccc(-c3ccccc3)c2n1C1CCCCC1. The summed E-state index contributed by atoms with van der Waals surface area (Å²) in [5.74, 6) is 1.46. The monoisotopic (exact) mass is 459 g/mol. The summed E-state index contributed by atoms with van der Waals surface area (Å²) in [4.78, 5) is 16.4. The van der Waals surface area contributed by atoms with Gasteiger partial charge in [0.05, 0.1) is 17.5 Å². The summed E-state index contributed by atoms with van der Waals surface area (Å²) in [5, 5.41) is 0. The molecule has 3 aromatic rings. The number of carbonyl (C=O) groups excluding carboxylic acids is 1. The molecule has 2 fully saturated rings. The topological polar surface area (TPSA) is 60.9 Å². The van der Waals surface area contributed by atoms with Crippen LogP contribution in [0, 0.1) is 11.3 Å². The van der Waals surface area contributed by atoms with Gasteiger partial charge in [0, 0.05) is 11.6 Å². The van der Waals surface area contributed by atoms with Crippen molar-refractivity contribution in [1.82, 2.24) is 9.55 Å². The molecule has 2 aromatic carbocycles. The Morgan fingerprint density at radius 3 is 2.35 bits per heavy atom. The molecule has 2 aliphatic carbocycles. The van der Waals surface area contributed by atoms with Gasteiger partial charge in [0.15, 0.2) is 0 Å². The molecule has 2 N–H and O–H groups in total. The van der Waals surface area contributed by atoms with Gasteiger partial charge in [-0.25, -0.2) is 4.98 Å². The molecule has 0 bridgehead atoms. The number of hydrogen-bond acceptors (Lipinski definition) is 2. The minimum Gasteiger partial charge on any atom is -0.369 e. The highest BCUT2D eigenvalue weighted by Gasteiger charge is 2.25. The fraction of sp³-hybridized carbons (Fsp3) is 0.533. The Bertz CT molecular complexity index is 1090. The molecule has 1 aromatic heterocycles. The van der Waals surface area contributed by atoms with Gasteiger partial charge in [-0.3, -0.25) is 4.79 Å². The standard InChI is InChI=1S/C21H23N3O.C9H18/c22-19(25)14-20-23-18-13-7-12-17(15-8-3-1-4-9-15)21(18)24(20)16-10-5-2-6-11-16;1-8-5-4-6-9(2,3)7-8/h1,3-4,7-9,12-13,16H,2,5-6,10-11,14H2,(H2,22,25);8H,4-7H2,1-3H3. The predicted molar refractivity (Wildman–Crippen MR) is 142 cm³/mol. The van der Waals surface area contributed by atoms with Crippen LogP contribution in [-0.2, 0) is 11.2 Å². The maximum absolute atomic E-state index is 11.6. The molecule has 0 saturated heterocycles. The lowest BCUT2D eigenvalue weighted by molar-refractivity contribution is -0.117. The van der Waals surface area contributed by atoms with Crippen molar-refractivity contribution in [3.63, 3.8) is 0 Å². The van der Waals surface area contributed by atoms with Crippen LogP contribution < -0.4 is 5.73 Å². The highest BCUT2D eigenvalue weighted by molar-refractivity contribution is 5.93. The number of rotatable bonds is 4. The number of fused-ring (bicyclic) bond motifs is 1. The number of imidazole rings is 1. The molecule has 4 nitrogen and oxygen atoms in total. The zero-order valence-electron chi connectivity index (χ0n) is 21.2. The Labute approximate surface area is 205 Å². The number of para-hydroxylation sites is 1. The lowest BCUT2D eigenvalue weighted by atomic mass is 9.73. The average molecular weight is 460 g/mol. The van der Waals surface area contributed by atoms with Crippen molar-refractivity contribution in [2.75, 3.05) is 0 Å². The van der Waals surface area contributed by atoms with Crippen LogP contribution in [0.25, 0.3) is 22.2 Å². The summed E-state index contributed by atoms with van der Waals surface area (Å²) >= 11 is 0. The summed E-state index contributed by atoms with van der Waals surface area (Å²) in [6.45, 7) is 7.16. The van der Waals surface area contributed by atoms with Crippen molar-refractivity contribution >= 4 is 16.9 Å². The Morgan fingerprint density at radius 1 is 1.00 bits per heavy atom. The maximum Gasteiger partial charge on any atom is 0.225 e. The maximum atomic E-state index is 11.6. The first-order chi connectivity index (χ1) is 16.3. The molecule has 1 unspecified atom stereocenters. The van der Waals surface area contributed by atoms with Crippen LogP contribution in [0.1, 0.15) is 90.4 Å². The van der Waals surface area contributed by atoms with Crippen LogP contribution in [-0.4, -0.2) is 15.5 Å². The molecule has 1 amide bonds. The van der Waals surface area contributed by atoms with Gasteiger partial charge in [0.1, 0.15) is 5.82 Å². The van der Waals surface area contributed by atoms with E-state index >= 15 is 0 Å². The Morgan fingerprint density at radius 2 is 1.74 bits per heavy atom. The lowest BCUT2D eigenvalue weighted by Gasteiger charge is -2.33. The normalized spacial score (nSPS) is 20.5. The second-order valence-corrected chi connectivity index (χ2v) is 11.2. The van der Waals surface area contributed by atoms with Gasteiger partial charge in [-0.15, -0.1) is 0 Å².